The first-order chi connectivity index (χ1) is 23.5. The lowest BCUT2D eigenvalue weighted by Crippen LogP contribution is -1.88. The number of allylic oxidation sites excluding steroid dienone is 2. The van der Waals surface area contributed by atoms with E-state index < -0.39 is 0 Å². The normalized spacial score (nSPS) is 11.5. The van der Waals surface area contributed by atoms with Gasteiger partial charge in [-0.2, -0.15) is 31.6 Å². The molecule has 2 heterocycles. The molecule has 0 saturated heterocycles. The first kappa shape index (κ1) is 28.4. The van der Waals surface area contributed by atoms with Crippen LogP contribution in [0.2, 0.25) is 0 Å². The summed E-state index contributed by atoms with van der Waals surface area (Å²) in [4.78, 5) is 1.69. The van der Waals surface area contributed by atoms with Gasteiger partial charge in [0.2, 0.25) is 0 Å². The van der Waals surface area contributed by atoms with E-state index in [1.807, 2.05) is 60.7 Å². The van der Waals surface area contributed by atoms with Crippen LogP contribution in [0.1, 0.15) is 32.0 Å². The van der Waals surface area contributed by atoms with Gasteiger partial charge in [-0.25, -0.2) is 0 Å². The molecule has 0 atom stereocenters. The number of hydrogen-bond donors (Lipinski definition) is 0. The summed E-state index contributed by atoms with van der Waals surface area (Å²) in [6.45, 7) is 0. The second kappa shape index (κ2) is 10.8. The van der Waals surface area contributed by atoms with Crippen LogP contribution in [0.3, 0.4) is 0 Å². The lowest BCUT2D eigenvalue weighted by molar-refractivity contribution is 1.46. The lowest BCUT2D eigenvalue weighted by atomic mass is 9.95. The average Bonchev–Trinajstić information content (AvgIpc) is 3.85. The molecular weight excluding hydrogens is 629 g/mol. The van der Waals surface area contributed by atoms with Crippen molar-refractivity contribution in [2.24, 2.45) is 0 Å². The highest BCUT2D eigenvalue weighted by Crippen LogP contribution is 2.62. The topological polar surface area (TPSA) is 143 Å². The first-order valence-electron chi connectivity index (χ1n) is 14.5. The number of rotatable bonds is 2. The second-order valence-electron chi connectivity index (χ2n) is 11.1. The van der Waals surface area contributed by atoms with Gasteiger partial charge in [-0.05, 0) is 80.9 Å². The Morgan fingerprint density at radius 2 is 0.771 bits per heavy atom. The van der Waals surface area contributed by atoms with E-state index in [-0.39, 0.29) is 11.1 Å². The zero-order valence-corrected chi connectivity index (χ0v) is 26.2. The molecule has 0 fully saturated rings. The summed E-state index contributed by atoms with van der Waals surface area (Å²) in [5.74, 6) is 0. The molecule has 0 radical (unpaired) electrons. The van der Waals surface area contributed by atoms with Crippen molar-refractivity contribution >= 4 is 43.2 Å². The van der Waals surface area contributed by atoms with E-state index in [4.69, 9.17) is 0 Å². The molecule has 8 rings (SSSR count). The maximum atomic E-state index is 10.1. The smallest absolute Gasteiger partial charge is 0.138 e. The summed E-state index contributed by atoms with van der Waals surface area (Å²) in [6, 6.07) is 39.3. The molecule has 6 nitrogen and oxygen atoms in total. The molecule has 2 aliphatic rings. The first-order valence-corrected chi connectivity index (χ1v) is 16.2. The maximum absolute atomic E-state index is 10.1. The molecule has 2 aromatic heterocycles. The summed E-state index contributed by atoms with van der Waals surface area (Å²) in [7, 11) is 0. The van der Waals surface area contributed by atoms with Crippen LogP contribution in [0, 0.1) is 68.0 Å². The zero-order chi connectivity index (χ0) is 33.1. The van der Waals surface area contributed by atoms with Gasteiger partial charge in [0.05, 0.1) is 32.7 Å². The van der Waals surface area contributed by atoms with E-state index in [0.717, 1.165) is 74.8 Å². The summed E-state index contributed by atoms with van der Waals surface area (Å²) in [5, 5.41) is 58.7. The van der Waals surface area contributed by atoms with E-state index in [9.17, 15) is 31.6 Å². The number of thiophene rings is 2. The van der Waals surface area contributed by atoms with Gasteiger partial charge in [0.1, 0.15) is 35.4 Å². The fraction of sp³-hybridized carbons (Fsp3) is 0. The number of fused-ring (bicyclic) bond motifs is 9. The highest BCUT2D eigenvalue weighted by molar-refractivity contribution is 7.31. The van der Waals surface area contributed by atoms with Crippen LogP contribution < -0.4 is 0 Å². The van der Waals surface area contributed by atoms with E-state index >= 15 is 0 Å². The van der Waals surface area contributed by atoms with Gasteiger partial charge in [0.25, 0.3) is 0 Å². The summed E-state index contributed by atoms with van der Waals surface area (Å²) in [6.07, 6.45) is 0. The summed E-state index contributed by atoms with van der Waals surface area (Å²) in [5.41, 5.74) is 11.3. The van der Waals surface area contributed by atoms with Crippen molar-refractivity contribution in [2.75, 3.05) is 0 Å². The second-order valence-corrected chi connectivity index (χ2v) is 13.2. The van der Waals surface area contributed by atoms with Crippen LogP contribution in [0.25, 0.3) is 65.1 Å². The zero-order valence-electron chi connectivity index (χ0n) is 24.6. The van der Waals surface area contributed by atoms with Crippen LogP contribution in [0.5, 0.6) is 0 Å². The third-order valence-corrected chi connectivity index (χ3v) is 11.3. The van der Waals surface area contributed by atoms with Gasteiger partial charge < -0.3 is 0 Å². The number of nitrogens with zero attached hydrogens (tertiary/aromatic N) is 6. The molecule has 0 amide bonds. The van der Waals surface area contributed by atoms with Crippen molar-refractivity contribution in [2.45, 2.75) is 0 Å². The highest BCUT2D eigenvalue weighted by Gasteiger charge is 2.37. The number of nitriles is 6. The summed E-state index contributed by atoms with van der Waals surface area (Å²) >= 11 is 3.04. The van der Waals surface area contributed by atoms with Gasteiger partial charge in [0, 0.05) is 32.0 Å². The molecule has 4 aromatic carbocycles. The minimum atomic E-state index is 0.0295. The minimum absolute atomic E-state index is 0.0295. The molecule has 0 bridgehead atoms. The molecule has 0 aliphatic heterocycles. The van der Waals surface area contributed by atoms with Gasteiger partial charge in [-0.1, -0.05) is 48.5 Å². The van der Waals surface area contributed by atoms with Crippen LogP contribution in [-0.4, -0.2) is 0 Å². The van der Waals surface area contributed by atoms with Gasteiger partial charge in [0.15, 0.2) is 0 Å². The predicted octanol–water partition coefficient (Wildman–Crippen LogP) is 9.70. The molecule has 0 saturated carbocycles. The Morgan fingerprint density at radius 3 is 1.10 bits per heavy atom. The van der Waals surface area contributed by atoms with Gasteiger partial charge in [-0.15, -0.1) is 22.7 Å². The molecule has 6 aromatic rings. The average molecular weight is 643 g/mol. The molecular formula is C40H14N6S2. The van der Waals surface area contributed by atoms with Crippen LogP contribution in [0.4, 0.5) is 0 Å². The third kappa shape index (κ3) is 3.97. The number of hydrogen-bond acceptors (Lipinski definition) is 8. The van der Waals surface area contributed by atoms with E-state index in [0.29, 0.717) is 22.3 Å². The van der Waals surface area contributed by atoms with Crippen LogP contribution in [-0.2, 0) is 0 Å². The molecule has 2 aliphatic carbocycles. The largest absolute Gasteiger partial charge is 0.192 e. The van der Waals surface area contributed by atoms with Crippen LogP contribution in [0.15, 0.2) is 96.1 Å². The number of benzene rings is 4. The monoisotopic (exact) mass is 642 g/mol. The van der Waals surface area contributed by atoms with Crippen molar-refractivity contribution in [1.29, 1.82) is 31.6 Å². The van der Waals surface area contributed by atoms with Crippen molar-refractivity contribution < 1.29 is 0 Å². The lowest BCUT2D eigenvalue weighted by Gasteiger charge is -2.09. The Kier molecular flexibility index (Phi) is 6.39. The Hall–Kier alpha value is -7.04. The van der Waals surface area contributed by atoms with Crippen LogP contribution >= 0.6 is 22.7 Å². The minimum Gasteiger partial charge on any atom is -0.192 e. The Morgan fingerprint density at radius 1 is 0.417 bits per heavy atom. The van der Waals surface area contributed by atoms with E-state index in [1.165, 1.54) is 22.7 Å². The van der Waals surface area contributed by atoms with Crippen molar-refractivity contribution in [1.82, 2.24) is 0 Å². The fourth-order valence-electron chi connectivity index (χ4n) is 6.56. The fourth-order valence-corrected chi connectivity index (χ4v) is 9.62. The molecule has 0 spiro atoms. The highest BCUT2D eigenvalue weighted by atomic mass is 32.1. The maximum Gasteiger partial charge on any atom is 0.138 e. The quantitative estimate of drug-likeness (QED) is 0.172. The van der Waals surface area contributed by atoms with E-state index in [1.54, 1.807) is 24.3 Å². The standard InChI is InChI=1S/C40H14N6S2/c41-15-21-1-5-23(6-2-21)25-9-11-29-31(13-25)33(27(17-43)18-44)37-35(29)39-40(47-37)36-30-12-10-26(24-7-3-22(16-42)4-8-24)14-32(30)34(38(36)48-39)28(19-45)20-46/h1-14H. The molecule has 48 heavy (non-hydrogen) atoms. The Labute approximate surface area is 282 Å². The van der Waals surface area contributed by atoms with Crippen molar-refractivity contribution in [3.63, 3.8) is 0 Å². The molecule has 8 heteroatoms. The Bertz CT molecular complexity index is 2540. The predicted molar refractivity (Wildman–Crippen MR) is 185 cm³/mol. The van der Waals surface area contributed by atoms with Gasteiger partial charge >= 0.3 is 0 Å². The van der Waals surface area contributed by atoms with E-state index in [2.05, 4.69) is 36.4 Å². The SMILES string of the molecule is N#CC(C#N)=C1c2cc(-c3ccc(C#N)cc3)ccc2-c2c1sc1c3c(sc21)C(=C(C#N)C#N)c1cc(-c2ccc(C#N)cc2)ccc1-3. The van der Waals surface area contributed by atoms with Crippen molar-refractivity contribution in [3.05, 3.63) is 128 Å². The molecule has 0 unspecified atom stereocenters. The third-order valence-electron chi connectivity index (χ3n) is 8.74. The van der Waals surface area contributed by atoms with Crippen molar-refractivity contribution in [3.8, 4) is 80.9 Å². The molecule has 0 N–H and O–H groups in total. The summed E-state index contributed by atoms with van der Waals surface area (Å²) < 4.78 is 1.96. The van der Waals surface area contributed by atoms with Gasteiger partial charge in [-0.3, -0.25) is 0 Å². The molecule has 216 valence electrons. The Balaban J connectivity index is 1.36.